The van der Waals surface area contributed by atoms with E-state index >= 15 is 0 Å². The Kier molecular flexibility index (Phi) is 4.39. The third-order valence-electron chi connectivity index (χ3n) is 3.33. The summed E-state index contributed by atoms with van der Waals surface area (Å²) in [4.78, 5) is 0. The molecule has 0 radical (unpaired) electrons. The fourth-order valence-electron chi connectivity index (χ4n) is 1.99. The van der Waals surface area contributed by atoms with Crippen molar-refractivity contribution in [2.45, 2.75) is 39.0 Å². The highest BCUT2D eigenvalue weighted by Crippen LogP contribution is 2.30. The van der Waals surface area contributed by atoms with E-state index in [4.69, 9.17) is 16.3 Å². The Labute approximate surface area is 126 Å². The molecule has 20 heavy (non-hydrogen) atoms. The van der Waals surface area contributed by atoms with Crippen LogP contribution in [0.25, 0.3) is 0 Å². The number of aryl methyl sites for hydroxylation is 1. The summed E-state index contributed by atoms with van der Waals surface area (Å²) in [6.07, 6.45) is 0. The van der Waals surface area contributed by atoms with E-state index < -0.39 is 0 Å². The Hall–Kier alpha value is -1.47. The number of hydrogen-bond acceptors (Lipinski definition) is 1. The quantitative estimate of drug-likeness (QED) is 0.646. The predicted molar refractivity (Wildman–Crippen MR) is 86.0 cm³/mol. The average Bonchev–Trinajstić information content (AvgIpc) is 2.41. The lowest BCUT2D eigenvalue weighted by Crippen LogP contribution is -2.10. The largest absolute Gasteiger partial charge is 0.457 e. The van der Waals surface area contributed by atoms with Gasteiger partial charge in [0.1, 0.15) is 11.5 Å². The molecule has 0 aliphatic rings. The first-order valence-electron chi connectivity index (χ1n) is 6.84. The fraction of sp³-hybridized carbons (Fsp3) is 0.333. The van der Waals surface area contributed by atoms with Gasteiger partial charge in [-0.15, -0.1) is 11.6 Å². The highest BCUT2D eigenvalue weighted by molar-refractivity contribution is 6.17. The van der Waals surface area contributed by atoms with Crippen LogP contribution in [-0.4, -0.2) is 0 Å². The summed E-state index contributed by atoms with van der Waals surface area (Å²) in [6.45, 7) is 8.64. The van der Waals surface area contributed by atoms with Crippen molar-refractivity contribution in [3.8, 4) is 11.5 Å². The Morgan fingerprint density at radius 3 is 2.45 bits per heavy atom. The molecule has 0 saturated carbocycles. The normalized spacial score (nSPS) is 11.4. The van der Waals surface area contributed by atoms with Crippen LogP contribution in [0.15, 0.2) is 42.5 Å². The predicted octanol–water partition coefficient (Wildman–Crippen LogP) is 5.82. The van der Waals surface area contributed by atoms with Crippen molar-refractivity contribution in [1.82, 2.24) is 0 Å². The van der Waals surface area contributed by atoms with Gasteiger partial charge in [-0.2, -0.15) is 0 Å². The van der Waals surface area contributed by atoms with Crippen molar-refractivity contribution in [1.29, 1.82) is 0 Å². The van der Waals surface area contributed by atoms with Gasteiger partial charge in [-0.05, 0) is 47.2 Å². The molecule has 0 aliphatic carbocycles. The molecule has 1 nitrogen and oxygen atoms in total. The summed E-state index contributed by atoms with van der Waals surface area (Å²) < 4.78 is 6.03. The summed E-state index contributed by atoms with van der Waals surface area (Å²) >= 11 is 5.88. The summed E-state index contributed by atoms with van der Waals surface area (Å²) in [6, 6.07) is 14.3. The van der Waals surface area contributed by atoms with E-state index in [1.807, 2.05) is 37.3 Å². The van der Waals surface area contributed by atoms with Crippen LogP contribution in [0.1, 0.15) is 37.5 Å². The van der Waals surface area contributed by atoms with E-state index in [0.717, 1.165) is 22.6 Å². The van der Waals surface area contributed by atoms with Gasteiger partial charge in [0.2, 0.25) is 0 Å². The highest BCUT2D eigenvalue weighted by Gasteiger charge is 2.14. The summed E-state index contributed by atoms with van der Waals surface area (Å²) in [5.74, 6) is 2.24. The standard InChI is InChI=1S/C18H21ClO/c1-13-8-9-14(12-19)10-17(13)20-16-7-5-6-15(11-16)18(2,3)4/h5-11H,12H2,1-4H3. The lowest BCUT2D eigenvalue weighted by atomic mass is 9.87. The van der Waals surface area contributed by atoms with E-state index in [2.05, 4.69) is 32.9 Å². The Morgan fingerprint density at radius 1 is 1.05 bits per heavy atom. The second-order valence-electron chi connectivity index (χ2n) is 6.11. The van der Waals surface area contributed by atoms with Gasteiger partial charge in [-0.1, -0.05) is 45.0 Å². The lowest BCUT2D eigenvalue weighted by Gasteiger charge is -2.20. The van der Waals surface area contributed by atoms with Gasteiger partial charge >= 0.3 is 0 Å². The number of hydrogen-bond donors (Lipinski definition) is 0. The van der Waals surface area contributed by atoms with E-state index in [0.29, 0.717) is 5.88 Å². The Bertz CT molecular complexity index is 597. The molecule has 0 amide bonds. The van der Waals surface area contributed by atoms with Crippen LogP contribution in [0.3, 0.4) is 0 Å². The second-order valence-corrected chi connectivity index (χ2v) is 6.38. The first-order valence-corrected chi connectivity index (χ1v) is 7.37. The third kappa shape index (κ3) is 3.55. The summed E-state index contributed by atoms with van der Waals surface area (Å²) in [5, 5.41) is 0. The molecule has 0 atom stereocenters. The van der Waals surface area contributed by atoms with Crippen LogP contribution < -0.4 is 4.74 Å². The molecule has 0 fully saturated rings. The summed E-state index contributed by atoms with van der Waals surface area (Å²) in [5.41, 5.74) is 3.56. The van der Waals surface area contributed by atoms with Crippen LogP contribution in [0, 0.1) is 6.92 Å². The van der Waals surface area contributed by atoms with Crippen LogP contribution >= 0.6 is 11.6 Å². The topological polar surface area (TPSA) is 9.23 Å². The zero-order chi connectivity index (χ0) is 14.8. The van der Waals surface area contributed by atoms with Gasteiger partial charge in [0.15, 0.2) is 0 Å². The van der Waals surface area contributed by atoms with E-state index in [1.165, 1.54) is 5.56 Å². The molecular formula is C18H21ClO. The molecule has 0 aromatic heterocycles. The average molecular weight is 289 g/mol. The number of halogens is 1. The number of ether oxygens (including phenoxy) is 1. The van der Waals surface area contributed by atoms with Crippen molar-refractivity contribution < 1.29 is 4.74 Å². The maximum absolute atomic E-state index is 6.03. The van der Waals surface area contributed by atoms with Gasteiger partial charge in [0, 0.05) is 5.88 Å². The number of benzene rings is 2. The van der Waals surface area contributed by atoms with Crippen molar-refractivity contribution in [2.24, 2.45) is 0 Å². The van der Waals surface area contributed by atoms with E-state index in [1.54, 1.807) is 0 Å². The SMILES string of the molecule is Cc1ccc(CCl)cc1Oc1cccc(C(C)(C)C)c1. The molecule has 0 saturated heterocycles. The van der Waals surface area contributed by atoms with Crippen molar-refractivity contribution in [3.63, 3.8) is 0 Å². The van der Waals surface area contributed by atoms with Gasteiger partial charge in [-0.25, -0.2) is 0 Å². The number of alkyl halides is 1. The minimum Gasteiger partial charge on any atom is -0.457 e. The smallest absolute Gasteiger partial charge is 0.130 e. The van der Waals surface area contributed by atoms with Crippen LogP contribution in [0.2, 0.25) is 0 Å². The van der Waals surface area contributed by atoms with Crippen LogP contribution in [-0.2, 0) is 11.3 Å². The third-order valence-corrected chi connectivity index (χ3v) is 3.64. The maximum Gasteiger partial charge on any atom is 0.130 e. The van der Waals surface area contributed by atoms with Crippen LogP contribution in [0.5, 0.6) is 11.5 Å². The molecule has 106 valence electrons. The molecular weight excluding hydrogens is 268 g/mol. The Balaban J connectivity index is 2.30. The fourth-order valence-corrected chi connectivity index (χ4v) is 2.16. The van der Waals surface area contributed by atoms with Crippen molar-refractivity contribution in [2.75, 3.05) is 0 Å². The van der Waals surface area contributed by atoms with Crippen molar-refractivity contribution >= 4 is 11.6 Å². The highest BCUT2D eigenvalue weighted by atomic mass is 35.5. The minimum atomic E-state index is 0.117. The molecule has 0 N–H and O–H groups in total. The molecule has 0 aliphatic heterocycles. The first-order chi connectivity index (χ1) is 9.40. The lowest BCUT2D eigenvalue weighted by molar-refractivity contribution is 0.474. The molecule has 2 heteroatoms. The molecule has 0 bridgehead atoms. The van der Waals surface area contributed by atoms with Gasteiger partial charge in [0.05, 0.1) is 0 Å². The first kappa shape index (κ1) is 14.9. The van der Waals surface area contributed by atoms with Crippen LogP contribution in [0.4, 0.5) is 0 Å². The molecule has 0 unspecified atom stereocenters. The maximum atomic E-state index is 6.03. The molecule has 2 aromatic carbocycles. The zero-order valence-electron chi connectivity index (χ0n) is 12.5. The molecule has 0 heterocycles. The molecule has 2 rings (SSSR count). The number of rotatable bonds is 3. The minimum absolute atomic E-state index is 0.117. The summed E-state index contributed by atoms with van der Waals surface area (Å²) in [7, 11) is 0. The van der Waals surface area contributed by atoms with Gasteiger partial charge in [-0.3, -0.25) is 0 Å². The molecule has 0 spiro atoms. The van der Waals surface area contributed by atoms with Crippen molar-refractivity contribution in [3.05, 3.63) is 59.2 Å². The zero-order valence-corrected chi connectivity index (χ0v) is 13.3. The monoisotopic (exact) mass is 288 g/mol. The Morgan fingerprint density at radius 2 is 1.80 bits per heavy atom. The van der Waals surface area contributed by atoms with Gasteiger partial charge in [0.25, 0.3) is 0 Å². The second kappa shape index (κ2) is 5.88. The van der Waals surface area contributed by atoms with Gasteiger partial charge < -0.3 is 4.74 Å². The van der Waals surface area contributed by atoms with E-state index in [9.17, 15) is 0 Å². The van der Waals surface area contributed by atoms with E-state index in [-0.39, 0.29) is 5.41 Å². The molecule has 2 aromatic rings.